The molecule has 0 aliphatic rings. The average Bonchev–Trinajstić information content (AvgIpc) is 2.84. The molecule has 1 aromatic carbocycles. The number of aromatic nitrogens is 2. The van der Waals surface area contributed by atoms with Gasteiger partial charge in [0.1, 0.15) is 12.3 Å². The Labute approximate surface area is 199 Å². The Morgan fingerprint density at radius 3 is 1.97 bits per heavy atom. The molecule has 0 saturated heterocycles. The molecule has 0 radical (unpaired) electrons. The van der Waals surface area contributed by atoms with Crippen LogP contribution in [0.15, 0.2) is 36.7 Å². The van der Waals surface area contributed by atoms with E-state index >= 15 is 0 Å². The minimum atomic E-state index is -1.48. The van der Waals surface area contributed by atoms with Crippen LogP contribution >= 0.6 is 0 Å². The Morgan fingerprint density at radius 1 is 0.727 bits per heavy atom. The highest BCUT2D eigenvalue weighted by atomic mass is 19.2. The van der Waals surface area contributed by atoms with Crippen LogP contribution in [-0.2, 0) is 6.42 Å². The van der Waals surface area contributed by atoms with Crippen LogP contribution in [0, 0.1) is 0 Å². The third-order valence-corrected chi connectivity index (χ3v) is 6.05. The van der Waals surface area contributed by atoms with E-state index in [2.05, 4.69) is 48.1 Å². The van der Waals surface area contributed by atoms with Gasteiger partial charge in [0.2, 0.25) is 0 Å². The second-order valence-corrected chi connectivity index (χ2v) is 8.98. The summed E-state index contributed by atoms with van der Waals surface area (Å²) in [5, 5.41) is 0. The topological polar surface area (TPSA) is 35.0 Å². The van der Waals surface area contributed by atoms with E-state index in [1.807, 2.05) is 0 Å². The van der Waals surface area contributed by atoms with Gasteiger partial charge in [-0.05, 0) is 24.8 Å². The summed E-state index contributed by atoms with van der Waals surface area (Å²) in [5.41, 5.74) is 2.30. The van der Waals surface area contributed by atoms with Crippen LogP contribution in [0.25, 0.3) is 11.4 Å². The van der Waals surface area contributed by atoms with Gasteiger partial charge in [-0.2, -0.15) is 0 Å². The highest BCUT2D eigenvalue weighted by molar-refractivity contribution is 5.55. The molecule has 0 fully saturated rings. The third-order valence-electron chi connectivity index (χ3n) is 6.05. The minimum absolute atomic E-state index is 0.0369. The number of unbranched alkanes of at least 4 members (excludes halogenated alkanes) is 8. The van der Waals surface area contributed by atoms with E-state index < -0.39 is 12.3 Å². The molecule has 0 N–H and O–H groups in total. The molecule has 2 unspecified atom stereocenters. The van der Waals surface area contributed by atoms with E-state index in [1.165, 1.54) is 50.5 Å². The summed E-state index contributed by atoms with van der Waals surface area (Å²) in [4.78, 5) is 8.74. The average molecular weight is 461 g/mol. The molecule has 0 aliphatic carbocycles. The highest BCUT2D eigenvalue weighted by Crippen LogP contribution is 2.20. The maximum absolute atomic E-state index is 13.9. The molecular formula is C28H42F2N2O. The number of hydrogen-bond acceptors (Lipinski definition) is 3. The van der Waals surface area contributed by atoms with Crippen LogP contribution in [0.4, 0.5) is 8.78 Å². The monoisotopic (exact) mass is 460 g/mol. The molecule has 0 aliphatic heterocycles. The summed E-state index contributed by atoms with van der Waals surface area (Å²) in [6, 6.07) is 8.41. The van der Waals surface area contributed by atoms with Crippen molar-refractivity contribution in [2.75, 3.05) is 6.61 Å². The Balaban J connectivity index is 1.69. The van der Waals surface area contributed by atoms with Gasteiger partial charge in [-0.15, -0.1) is 0 Å². The summed E-state index contributed by atoms with van der Waals surface area (Å²) in [5.74, 6) is 1.11. The smallest absolute Gasteiger partial charge is 0.159 e. The van der Waals surface area contributed by atoms with E-state index in [0.29, 0.717) is 11.6 Å². The number of hydrogen-bond donors (Lipinski definition) is 0. The number of nitrogens with zero attached hydrogens (tertiary/aromatic N) is 2. The van der Waals surface area contributed by atoms with Crippen LogP contribution in [0.1, 0.15) is 96.5 Å². The molecule has 5 heteroatoms. The largest absolute Gasteiger partial charge is 0.490 e. The Kier molecular flexibility index (Phi) is 13.6. The van der Waals surface area contributed by atoms with Crippen LogP contribution in [0.5, 0.6) is 5.75 Å². The fourth-order valence-corrected chi connectivity index (χ4v) is 3.89. The molecule has 1 aromatic heterocycles. The molecule has 1 heterocycles. The van der Waals surface area contributed by atoms with Crippen molar-refractivity contribution in [1.82, 2.24) is 9.97 Å². The lowest BCUT2D eigenvalue weighted by Gasteiger charge is -2.14. The molecule has 33 heavy (non-hydrogen) atoms. The van der Waals surface area contributed by atoms with Gasteiger partial charge >= 0.3 is 0 Å². The van der Waals surface area contributed by atoms with Crippen molar-refractivity contribution < 1.29 is 13.5 Å². The molecule has 0 bridgehead atoms. The van der Waals surface area contributed by atoms with Crippen molar-refractivity contribution in [3.63, 3.8) is 0 Å². The standard InChI is InChI=1S/C28H42F2N2O/c1-3-5-7-8-9-10-12-13-23-15-17-24(18-16-23)28-31-21-25(22-32-28)33-20-19-27(30)26(29)14-11-6-4-2/h15-18,21-22,26-27H,3-14,19-20H2,1-2H3. The summed E-state index contributed by atoms with van der Waals surface area (Å²) < 4.78 is 33.2. The van der Waals surface area contributed by atoms with Gasteiger partial charge in [-0.25, -0.2) is 18.7 Å². The molecule has 2 aromatic rings. The van der Waals surface area contributed by atoms with E-state index in [4.69, 9.17) is 4.74 Å². The maximum Gasteiger partial charge on any atom is 0.159 e. The summed E-state index contributed by atoms with van der Waals surface area (Å²) >= 11 is 0. The number of benzene rings is 1. The molecule has 3 nitrogen and oxygen atoms in total. The highest BCUT2D eigenvalue weighted by Gasteiger charge is 2.19. The quantitative estimate of drug-likeness (QED) is 0.209. The Bertz CT molecular complexity index is 737. The number of alkyl halides is 2. The Hall–Kier alpha value is -2.04. The first-order valence-corrected chi connectivity index (χ1v) is 13.0. The van der Waals surface area contributed by atoms with Crippen LogP contribution < -0.4 is 4.74 Å². The number of rotatable bonds is 18. The van der Waals surface area contributed by atoms with Gasteiger partial charge in [0.05, 0.1) is 19.0 Å². The van der Waals surface area contributed by atoms with Crippen molar-refractivity contribution in [1.29, 1.82) is 0 Å². The predicted molar refractivity (Wildman–Crippen MR) is 133 cm³/mol. The van der Waals surface area contributed by atoms with Gasteiger partial charge in [0.15, 0.2) is 11.6 Å². The second-order valence-electron chi connectivity index (χ2n) is 8.98. The molecule has 0 saturated carbocycles. The predicted octanol–water partition coefficient (Wildman–Crippen LogP) is 8.46. The fraction of sp³-hybridized carbons (Fsp3) is 0.643. The van der Waals surface area contributed by atoms with E-state index in [-0.39, 0.29) is 19.4 Å². The van der Waals surface area contributed by atoms with Gasteiger partial charge < -0.3 is 4.74 Å². The van der Waals surface area contributed by atoms with Crippen LogP contribution in [-0.4, -0.2) is 28.9 Å². The molecule has 2 atom stereocenters. The van der Waals surface area contributed by atoms with Crippen molar-refractivity contribution in [3.05, 3.63) is 42.2 Å². The number of ether oxygens (including phenoxy) is 1. The minimum Gasteiger partial charge on any atom is -0.490 e. The van der Waals surface area contributed by atoms with Crippen molar-refractivity contribution in [2.24, 2.45) is 0 Å². The molecular weight excluding hydrogens is 418 g/mol. The molecule has 184 valence electrons. The van der Waals surface area contributed by atoms with E-state index in [1.54, 1.807) is 12.4 Å². The second kappa shape index (κ2) is 16.6. The first kappa shape index (κ1) is 27.2. The lowest BCUT2D eigenvalue weighted by atomic mass is 10.0. The zero-order valence-corrected chi connectivity index (χ0v) is 20.6. The zero-order valence-electron chi connectivity index (χ0n) is 20.6. The van der Waals surface area contributed by atoms with Gasteiger partial charge in [-0.1, -0.05) is 95.9 Å². The lowest BCUT2D eigenvalue weighted by molar-refractivity contribution is 0.127. The van der Waals surface area contributed by atoms with E-state index in [9.17, 15) is 8.78 Å². The van der Waals surface area contributed by atoms with Gasteiger partial charge in [-0.3, -0.25) is 0 Å². The van der Waals surface area contributed by atoms with Crippen molar-refractivity contribution >= 4 is 0 Å². The number of aryl methyl sites for hydroxylation is 1. The van der Waals surface area contributed by atoms with Crippen LogP contribution in [0.3, 0.4) is 0 Å². The van der Waals surface area contributed by atoms with Crippen molar-refractivity contribution in [2.45, 2.75) is 110 Å². The summed E-state index contributed by atoms with van der Waals surface area (Å²) in [7, 11) is 0. The van der Waals surface area contributed by atoms with Gasteiger partial charge in [0, 0.05) is 12.0 Å². The lowest BCUT2D eigenvalue weighted by Crippen LogP contribution is -2.20. The summed E-state index contributed by atoms with van der Waals surface area (Å²) in [6.07, 6.45) is 13.6. The normalized spacial score (nSPS) is 13.1. The SMILES string of the molecule is CCCCCCCCCc1ccc(-c2ncc(OCCC(F)C(F)CCCCC)cn2)cc1. The molecule has 0 amide bonds. The van der Waals surface area contributed by atoms with E-state index in [0.717, 1.165) is 31.2 Å². The van der Waals surface area contributed by atoms with Crippen LogP contribution in [0.2, 0.25) is 0 Å². The zero-order chi connectivity index (χ0) is 23.7. The van der Waals surface area contributed by atoms with Crippen molar-refractivity contribution in [3.8, 4) is 17.1 Å². The number of halogens is 2. The molecule has 0 spiro atoms. The van der Waals surface area contributed by atoms with Gasteiger partial charge in [0.25, 0.3) is 0 Å². The first-order valence-electron chi connectivity index (χ1n) is 13.0. The summed E-state index contributed by atoms with van der Waals surface area (Å²) in [6.45, 7) is 4.42. The third kappa shape index (κ3) is 11.1. The Morgan fingerprint density at radius 2 is 1.30 bits per heavy atom. The fourth-order valence-electron chi connectivity index (χ4n) is 3.89. The molecule has 2 rings (SSSR count). The first-order chi connectivity index (χ1) is 16.1. The maximum atomic E-state index is 13.9.